The summed E-state index contributed by atoms with van der Waals surface area (Å²) in [7, 11) is 3.00. The van der Waals surface area contributed by atoms with Crippen LogP contribution in [0.5, 0.6) is 0 Å². The van der Waals surface area contributed by atoms with Gasteiger partial charge >= 0.3 is 0 Å². The Morgan fingerprint density at radius 3 is 2.35 bits per heavy atom. The minimum atomic E-state index is 0.639. The Morgan fingerprint density at radius 1 is 1.10 bits per heavy atom. The molecule has 0 spiro atoms. The van der Waals surface area contributed by atoms with Crippen molar-refractivity contribution in [2.75, 3.05) is 14.2 Å². The third-order valence-electron chi connectivity index (χ3n) is 2.59. The zero-order chi connectivity index (χ0) is 14.4. The van der Waals surface area contributed by atoms with Crippen LogP contribution in [0.15, 0.2) is 46.2 Å². The Balaban J connectivity index is 2.32. The Bertz CT molecular complexity index is 604. The molecular weight excluding hydrogens is 274 g/mol. The second kappa shape index (κ2) is 6.81. The summed E-state index contributed by atoms with van der Waals surface area (Å²) in [6.07, 6.45) is 1.79. The predicted molar refractivity (Wildman–Crippen MR) is 81.2 cm³/mol. The molecule has 0 radical (unpaired) electrons. The summed E-state index contributed by atoms with van der Waals surface area (Å²) in [5.74, 6) is 0. The summed E-state index contributed by atoms with van der Waals surface area (Å²) in [5, 5.41) is 10.8. The van der Waals surface area contributed by atoms with E-state index in [1.807, 2.05) is 36.6 Å². The highest BCUT2D eigenvalue weighted by Gasteiger charge is 2.10. The molecule has 0 fully saturated rings. The largest absolute Gasteiger partial charge is 0.399 e. The van der Waals surface area contributed by atoms with Gasteiger partial charge in [-0.1, -0.05) is 34.6 Å². The van der Waals surface area contributed by atoms with Crippen LogP contribution in [0.25, 0.3) is 10.6 Å². The van der Waals surface area contributed by atoms with Crippen LogP contribution in [0.2, 0.25) is 0 Å². The fraction of sp³-hybridized carbons (Fsp3) is 0.214. The molecule has 104 valence electrons. The smallest absolute Gasteiger partial charge is 0.134 e. The molecule has 20 heavy (non-hydrogen) atoms. The lowest BCUT2D eigenvalue weighted by Gasteiger charge is -2.05. The van der Waals surface area contributed by atoms with E-state index in [1.54, 1.807) is 17.5 Å². The molecule has 5 nitrogen and oxygen atoms in total. The summed E-state index contributed by atoms with van der Waals surface area (Å²) < 4.78 is 0. The van der Waals surface area contributed by atoms with Crippen LogP contribution >= 0.6 is 11.3 Å². The molecule has 1 heterocycles. The van der Waals surface area contributed by atoms with Gasteiger partial charge in [0.05, 0.1) is 0 Å². The number of oxime groups is 2. The van der Waals surface area contributed by atoms with Crippen LogP contribution in [0.3, 0.4) is 0 Å². The van der Waals surface area contributed by atoms with Crippen LogP contribution < -0.4 is 0 Å². The SMILES string of the molecule is CO/N=C(C)/C(=N/OC)c1ccc(-c2nccs2)cc1. The summed E-state index contributed by atoms with van der Waals surface area (Å²) in [6, 6.07) is 7.92. The first kappa shape index (κ1) is 14.2. The average Bonchev–Trinajstić information content (AvgIpc) is 2.99. The number of thiazole rings is 1. The Morgan fingerprint density at radius 2 is 1.80 bits per heavy atom. The first-order valence-electron chi connectivity index (χ1n) is 5.96. The maximum Gasteiger partial charge on any atom is 0.134 e. The number of rotatable bonds is 5. The highest BCUT2D eigenvalue weighted by atomic mass is 32.1. The van der Waals surface area contributed by atoms with Gasteiger partial charge in [-0.3, -0.25) is 0 Å². The summed E-state index contributed by atoms with van der Waals surface area (Å²) in [5.41, 5.74) is 3.27. The third-order valence-corrected chi connectivity index (χ3v) is 3.41. The summed E-state index contributed by atoms with van der Waals surface area (Å²) in [4.78, 5) is 13.9. The molecule has 1 aromatic carbocycles. The monoisotopic (exact) mass is 289 g/mol. The first-order chi connectivity index (χ1) is 9.76. The molecule has 0 aliphatic rings. The van der Waals surface area contributed by atoms with E-state index in [0.717, 1.165) is 16.1 Å². The molecule has 0 aliphatic heterocycles. The van der Waals surface area contributed by atoms with Gasteiger partial charge in [0.25, 0.3) is 0 Å². The van der Waals surface area contributed by atoms with Gasteiger partial charge < -0.3 is 9.68 Å². The molecule has 0 N–H and O–H groups in total. The number of hydrogen-bond donors (Lipinski definition) is 0. The molecule has 1 aromatic heterocycles. The molecule has 0 amide bonds. The molecule has 0 atom stereocenters. The van der Waals surface area contributed by atoms with Gasteiger partial charge in [-0.2, -0.15) is 0 Å². The standard InChI is InChI=1S/C14H15N3O2S/c1-10(16-18-2)13(17-19-3)11-4-6-12(7-5-11)14-15-8-9-20-14/h4-9H,1-3H3/b16-10+,17-13-. The van der Waals surface area contributed by atoms with Gasteiger partial charge in [0, 0.05) is 22.7 Å². The van der Waals surface area contributed by atoms with E-state index >= 15 is 0 Å². The third kappa shape index (κ3) is 3.21. The van der Waals surface area contributed by atoms with Crippen molar-refractivity contribution in [2.45, 2.75) is 6.92 Å². The molecule has 0 aliphatic carbocycles. The zero-order valence-corrected chi connectivity index (χ0v) is 12.3. The fourth-order valence-corrected chi connectivity index (χ4v) is 2.38. The van der Waals surface area contributed by atoms with Gasteiger partial charge in [0.15, 0.2) is 0 Å². The topological polar surface area (TPSA) is 56.1 Å². The maximum absolute atomic E-state index is 4.87. The van der Waals surface area contributed by atoms with E-state index in [2.05, 4.69) is 15.3 Å². The number of nitrogens with zero attached hydrogens (tertiary/aromatic N) is 3. The average molecular weight is 289 g/mol. The van der Waals surface area contributed by atoms with Crippen molar-refractivity contribution >= 4 is 22.8 Å². The van der Waals surface area contributed by atoms with E-state index in [1.165, 1.54) is 14.2 Å². The first-order valence-corrected chi connectivity index (χ1v) is 6.83. The minimum absolute atomic E-state index is 0.639. The number of hydrogen-bond acceptors (Lipinski definition) is 6. The van der Waals surface area contributed by atoms with Crippen LogP contribution in [0, 0.1) is 0 Å². The van der Waals surface area contributed by atoms with Gasteiger partial charge in [0.1, 0.15) is 30.7 Å². The van der Waals surface area contributed by atoms with Crippen molar-refractivity contribution in [3.8, 4) is 10.6 Å². The number of benzene rings is 1. The summed E-state index contributed by atoms with van der Waals surface area (Å²) >= 11 is 1.61. The molecule has 0 bridgehead atoms. The van der Waals surface area contributed by atoms with Crippen molar-refractivity contribution < 1.29 is 9.68 Å². The molecular formula is C14H15N3O2S. The Labute approximate surface area is 121 Å². The Hall–Kier alpha value is -2.21. The second-order valence-electron chi connectivity index (χ2n) is 3.90. The lowest BCUT2D eigenvalue weighted by atomic mass is 10.1. The molecule has 2 aromatic rings. The highest BCUT2D eigenvalue weighted by Crippen LogP contribution is 2.22. The Kier molecular flexibility index (Phi) is 4.84. The van der Waals surface area contributed by atoms with Crippen LogP contribution in [-0.4, -0.2) is 30.6 Å². The molecule has 0 unspecified atom stereocenters. The highest BCUT2D eigenvalue weighted by molar-refractivity contribution is 7.13. The van der Waals surface area contributed by atoms with Crippen molar-refractivity contribution in [1.29, 1.82) is 0 Å². The van der Waals surface area contributed by atoms with Crippen molar-refractivity contribution in [2.24, 2.45) is 10.3 Å². The minimum Gasteiger partial charge on any atom is -0.399 e. The lowest BCUT2D eigenvalue weighted by molar-refractivity contribution is 0.210. The van der Waals surface area contributed by atoms with Crippen molar-refractivity contribution in [1.82, 2.24) is 4.98 Å². The molecule has 0 saturated carbocycles. The number of aromatic nitrogens is 1. The van der Waals surface area contributed by atoms with Gasteiger partial charge in [-0.25, -0.2) is 4.98 Å². The lowest BCUT2D eigenvalue weighted by Crippen LogP contribution is -2.13. The fourth-order valence-electron chi connectivity index (χ4n) is 1.74. The summed E-state index contributed by atoms with van der Waals surface area (Å²) in [6.45, 7) is 1.82. The molecule has 2 rings (SSSR count). The van der Waals surface area contributed by atoms with E-state index in [-0.39, 0.29) is 0 Å². The van der Waals surface area contributed by atoms with E-state index in [0.29, 0.717) is 11.4 Å². The van der Waals surface area contributed by atoms with Crippen molar-refractivity contribution in [3.05, 3.63) is 41.4 Å². The van der Waals surface area contributed by atoms with Crippen LogP contribution in [0.4, 0.5) is 0 Å². The van der Waals surface area contributed by atoms with E-state index in [9.17, 15) is 0 Å². The molecule has 6 heteroatoms. The second-order valence-corrected chi connectivity index (χ2v) is 4.79. The zero-order valence-electron chi connectivity index (χ0n) is 11.5. The van der Waals surface area contributed by atoms with E-state index in [4.69, 9.17) is 9.68 Å². The quantitative estimate of drug-likeness (QED) is 0.627. The predicted octanol–water partition coefficient (Wildman–Crippen LogP) is 3.18. The normalized spacial score (nSPS) is 12.3. The van der Waals surface area contributed by atoms with E-state index < -0.39 is 0 Å². The van der Waals surface area contributed by atoms with Gasteiger partial charge in [-0.15, -0.1) is 11.3 Å². The van der Waals surface area contributed by atoms with Crippen molar-refractivity contribution in [3.63, 3.8) is 0 Å². The van der Waals surface area contributed by atoms with Crippen LogP contribution in [0.1, 0.15) is 12.5 Å². The van der Waals surface area contributed by atoms with Gasteiger partial charge in [0.2, 0.25) is 0 Å². The van der Waals surface area contributed by atoms with Crippen LogP contribution in [-0.2, 0) is 9.68 Å². The van der Waals surface area contributed by atoms with Gasteiger partial charge in [-0.05, 0) is 6.92 Å². The molecule has 0 saturated heterocycles. The maximum atomic E-state index is 4.87.